The Morgan fingerprint density at radius 2 is 2.17 bits per heavy atom. The lowest BCUT2D eigenvalue weighted by atomic mass is 9.80. The highest BCUT2D eigenvalue weighted by Gasteiger charge is 2.34. The Balaban J connectivity index is 2.57. The van der Waals surface area contributed by atoms with Gasteiger partial charge in [-0.15, -0.1) is 0 Å². The summed E-state index contributed by atoms with van der Waals surface area (Å²) in [7, 11) is 1.37. The summed E-state index contributed by atoms with van der Waals surface area (Å²) >= 11 is 0. The van der Waals surface area contributed by atoms with Crippen molar-refractivity contribution in [2.45, 2.75) is 32.3 Å². The second kappa shape index (κ2) is 3.90. The smallest absolute Gasteiger partial charge is 0.311 e. The van der Waals surface area contributed by atoms with E-state index in [4.69, 9.17) is 0 Å². The Labute approximate surface area is 72.7 Å². The van der Waals surface area contributed by atoms with Crippen LogP contribution in [0.2, 0.25) is 0 Å². The second-order valence-electron chi connectivity index (χ2n) is 3.53. The highest BCUT2D eigenvalue weighted by atomic mass is 16.5. The number of methoxy groups -OCH3 is 1. The van der Waals surface area contributed by atoms with E-state index in [2.05, 4.69) is 4.74 Å². The van der Waals surface area contributed by atoms with Crippen molar-refractivity contribution < 1.29 is 14.6 Å². The van der Waals surface area contributed by atoms with Crippen molar-refractivity contribution >= 4 is 5.97 Å². The van der Waals surface area contributed by atoms with E-state index in [0.29, 0.717) is 0 Å². The summed E-state index contributed by atoms with van der Waals surface area (Å²) in [6.07, 6.45) is 2.27. The molecule has 3 atom stereocenters. The average Bonchev–Trinajstić information content (AvgIpc) is 2.08. The molecule has 1 fully saturated rings. The third kappa shape index (κ3) is 1.78. The van der Waals surface area contributed by atoms with Crippen LogP contribution in [0.1, 0.15) is 26.2 Å². The molecule has 3 heteroatoms. The summed E-state index contributed by atoms with van der Waals surface area (Å²) in [6, 6.07) is 0. The van der Waals surface area contributed by atoms with E-state index in [-0.39, 0.29) is 17.8 Å². The van der Waals surface area contributed by atoms with Gasteiger partial charge in [-0.1, -0.05) is 13.3 Å². The molecule has 0 aromatic rings. The molecule has 0 bridgehead atoms. The normalized spacial score (nSPS) is 36.1. The molecular formula is C9H16O3. The van der Waals surface area contributed by atoms with Gasteiger partial charge in [0.1, 0.15) is 0 Å². The Morgan fingerprint density at radius 3 is 2.75 bits per heavy atom. The largest absolute Gasteiger partial charge is 0.469 e. The van der Waals surface area contributed by atoms with Gasteiger partial charge in [-0.2, -0.15) is 0 Å². The van der Waals surface area contributed by atoms with Gasteiger partial charge in [-0.25, -0.2) is 0 Å². The summed E-state index contributed by atoms with van der Waals surface area (Å²) in [6.45, 7) is 1.97. The summed E-state index contributed by atoms with van der Waals surface area (Å²) < 4.78 is 4.61. The van der Waals surface area contributed by atoms with E-state index < -0.39 is 6.10 Å². The van der Waals surface area contributed by atoms with Crippen LogP contribution < -0.4 is 0 Å². The number of carbonyl (C=O) groups excluding carboxylic acids is 1. The van der Waals surface area contributed by atoms with Crippen LogP contribution in [0, 0.1) is 11.8 Å². The molecule has 0 spiro atoms. The maximum absolute atomic E-state index is 11.1. The number of ether oxygens (including phenoxy) is 1. The Morgan fingerprint density at radius 1 is 1.50 bits per heavy atom. The Kier molecular flexibility index (Phi) is 3.09. The molecule has 0 saturated heterocycles. The Hall–Kier alpha value is -0.570. The number of hydrogen-bond acceptors (Lipinski definition) is 3. The molecule has 3 nitrogen and oxygen atoms in total. The van der Waals surface area contributed by atoms with Crippen LogP contribution in [0.5, 0.6) is 0 Å². The molecular weight excluding hydrogens is 156 g/mol. The van der Waals surface area contributed by atoms with E-state index in [1.165, 1.54) is 7.11 Å². The fraction of sp³-hybridized carbons (Fsp3) is 0.889. The molecule has 0 aliphatic heterocycles. The lowest BCUT2D eigenvalue weighted by molar-refractivity contribution is -0.152. The van der Waals surface area contributed by atoms with Gasteiger partial charge < -0.3 is 9.84 Å². The monoisotopic (exact) mass is 172 g/mol. The summed E-state index contributed by atoms with van der Waals surface area (Å²) in [5.74, 6) is -0.337. The van der Waals surface area contributed by atoms with E-state index in [1.54, 1.807) is 0 Å². The summed E-state index contributed by atoms with van der Waals surface area (Å²) in [5.41, 5.74) is 0. The van der Waals surface area contributed by atoms with Gasteiger partial charge in [0.2, 0.25) is 0 Å². The molecule has 1 saturated carbocycles. The molecule has 0 aromatic carbocycles. The molecule has 0 heterocycles. The molecule has 1 rings (SSSR count). The zero-order valence-corrected chi connectivity index (χ0v) is 7.62. The van der Waals surface area contributed by atoms with Gasteiger partial charge in [0.05, 0.1) is 19.1 Å². The zero-order valence-electron chi connectivity index (χ0n) is 7.62. The first-order valence-corrected chi connectivity index (χ1v) is 4.42. The minimum atomic E-state index is -0.508. The van der Waals surface area contributed by atoms with Crippen LogP contribution in [0.25, 0.3) is 0 Å². The van der Waals surface area contributed by atoms with Gasteiger partial charge in [0.25, 0.3) is 0 Å². The van der Waals surface area contributed by atoms with Crippen molar-refractivity contribution in [1.29, 1.82) is 0 Å². The van der Waals surface area contributed by atoms with Crippen molar-refractivity contribution in [3.8, 4) is 0 Å². The van der Waals surface area contributed by atoms with Crippen LogP contribution >= 0.6 is 0 Å². The fourth-order valence-electron chi connectivity index (χ4n) is 1.81. The SMILES string of the molecule is COC(=O)C1CCCC(C)C1O. The molecule has 3 unspecified atom stereocenters. The van der Waals surface area contributed by atoms with Crippen LogP contribution in [0.15, 0.2) is 0 Å². The fourth-order valence-corrected chi connectivity index (χ4v) is 1.81. The van der Waals surface area contributed by atoms with Crippen LogP contribution in [-0.4, -0.2) is 24.3 Å². The van der Waals surface area contributed by atoms with E-state index >= 15 is 0 Å². The third-order valence-corrected chi connectivity index (χ3v) is 2.67. The molecule has 1 aliphatic carbocycles. The van der Waals surface area contributed by atoms with Crippen LogP contribution in [0.3, 0.4) is 0 Å². The molecule has 0 aromatic heterocycles. The van der Waals surface area contributed by atoms with Crippen molar-refractivity contribution in [1.82, 2.24) is 0 Å². The first-order valence-electron chi connectivity index (χ1n) is 4.42. The number of rotatable bonds is 1. The van der Waals surface area contributed by atoms with Gasteiger partial charge in [0, 0.05) is 0 Å². The molecule has 1 N–H and O–H groups in total. The van der Waals surface area contributed by atoms with Crippen LogP contribution in [0.4, 0.5) is 0 Å². The van der Waals surface area contributed by atoms with Gasteiger partial charge in [-0.3, -0.25) is 4.79 Å². The number of hydrogen-bond donors (Lipinski definition) is 1. The van der Waals surface area contributed by atoms with Gasteiger partial charge >= 0.3 is 5.97 Å². The minimum Gasteiger partial charge on any atom is -0.469 e. The van der Waals surface area contributed by atoms with E-state index in [9.17, 15) is 9.90 Å². The predicted octanol–water partition coefficient (Wildman–Crippen LogP) is 0.956. The second-order valence-corrected chi connectivity index (χ2v) is 3.53. The maximum atomic E-state index is 11.1. The third-order valence-electron chi connectivity index (χ3n) is 2.67. The standard InChI is InChI=1S/C9H16O3/c1-6-4-3-5-7(8(6)10)9(11)12-2/h6-8,10H,3-5H2,1-2H3. The highest BCUT2D eigenvalue weighted by molar-refractivity contribution is 5.73. The lowest BCUT2D eigenvalue weighted by Crippen LogP contribution is -2.37. The summed E-state index contributed by atoms with van der Waals surface area (Å²) in [5, 5.41) is 9.64. The lowest BCUT2D eigenvalue weighted by Gasteiger charge is -2.30. The van der Waals surface area contributed by atoms with Crippen molar-refractivity contribution in [3.05, 3.63) is 0 Å². The highest BCUT2D eigenvalue weighted by Crippen LogP contribution is 2.29. The average molecular weight is 172 g/mol. The number of aliphatic hydroxyl groups is 1. The van der Waals surface area contributed by atoms with Crippen molar-refractivity contribution in [3.63, 3.8) is 0 Å². The molecule has 70 valence electrons. The van der Waals surface area contributed by atoms with E-state index in [1.807, 2.05) is 6.92 Å². The topological polar surface area (TPSA) is 46.5 Å². The molecule has 0 amide bonds. The zero-order chi connectivity index (χ0) is 9.14. The van der Waals surface area contributed by atoms with Crippen molar-refractivity contribution in [2.24, 2.45) is 11.8 Å². The van der Waals surface area contributed by atoms with Gasteiger partial charge in [0.15, 0.2) is 0 Å². The number of carbonyl (C=O) groups is 1. The minimum absolute atomic E-state index is 0.225. The van der Waals surface area contributed by atoms with E-state index in [0.717, 1.165) is 19.3 Å². The quantitative estimate of drug-likeness (QED) is 0.599. The molecule has 12 heavy (non-hydrogen) atoms. The molecule has 1 aliphatic rings. The summed E-state index contributed by atoms with van der Waals surface area (Å²) in [4.78, 5) is 11.1. The Bertz CT molecular complexity index is 167. The van der Waals surface area contributed by atoms with Crippen molar-refractivity contribution in [2.75, 3.05) is 7.11 Å². The van der Waals surface area contributed by atoms with Crippen LogP contribution in [-0.2, 0) is 9.53 Å². The molecule has 0 radical (unpaired) electrons. The number of aliphatic hydroxyl groups excluding tert-OH is 1. The maximum Gasteiger partial charge on any atom is 0.311 e. The number of esters is 1. The first-order chi connectivity index (χ1) is 5.66. The first kappa shape index (κ1) is 9.52. The predicted molar refractivity (Wildman–Crippen MR) is 44.5 cm³/mol. The van der Waals surface area contributed by atoms with Gasteiger partial charge in [-0.05, 0) is 18.8 Å².